The highest BCUT2D eigenvalue weighted by Crippen LogP contribution is 2.48. The molecule has 0 amide bonds. The lowest BCUT2D eigenvalue weighted by Gasteiger charge is -2.57. The highest BCUT2D eigenvalue weighted by Gasteiger charge is 2.50. The smallest absolute Gasteiger partial charge is 0.184 e. The van der Waals surface area contributed by atoms with Crippen molar-refractivity contribution in [1.82, 2.24) is 0 Å². The van der Waals surface area contributed by atoms with Crippen LogP contribution in [0.15, 0.2) is 12.3 Å². The van der Waals surface area contributed by atoms with E-state index in [1.165, 1.54) is 54.7 Å². The first-order chi connectivity index (χ1) is 12.1. The van der Waals surface area contributed by atoms with Crippen LogP contribution in [0.1, 0.15) is 97.9 Å². The fraction of sp³-hybridized carbons (Fsp3) is 0.870. The molecule has 1 aromatic heterocycles. The van der Waals surface area contributed by atoms with Gasteiger partial charge in [0.1, 0.15) is 11.5 Å². The molecule has 150 valence electrons. The number of fused-ring (bicyclic) bond motifs is 2. The summed E-state index contributed by atoms with van der Waals surface area (Å²) in [4.78, 5) is 1.47. The summed E-state index contributed by atoms with van der Waals surface area (Å²) in [5.41, 5.74) is 0.695. The number of quaternary nitrogens is 1. The first kappa shape index (κ1) is 21.9. The summed E-state index contributed by atoms with van der Waals surface area (Å²) in [5.74, 6) is 1.55. The molecule has 2 aliphatic rings. The van der Waals surface area contributed by atoms with E-state index in [-0.39, 0.29) is 0 Å². The Balaban J connectivity index is 0.000000197. The van der Waals surface area contributed by atoms with E-state index in [1.54, 1.807) is 0 Å². The summed E-state index contributed by atoms with van der Waals surface area (Å²) in [7, 11) is 0. The van der Waals surface area contributed by atoms with Gasteiger partial charge in [-0.15, -0.1) is 3.96 Å². The average Bonchev–Trinajstić information content (AvgIpc) is 3.06. The second-order valence-electron chi connectivity index (χ2n) is 10.1. The molecule has 2 nitrogen and oxygen atoms in total. The zero-order valence-corrected chi connectivity index (χ0v) is 19.5. The molecule has 3 rings (SSSR count). The summed E-state index contributed by atoms with van der Waals surface area (Å²) < 4.78 is 3.72. The van der Waals surface area contributed by atoms with Crippen molar-refractivity contribution in [3.05, 3.63) is 17.1 Å². The van der Waals surface area contributed by atoms with Gasteiger partial charge in [-0.05, 0) is 65.2 Å². The Hall–Kier alpha value is -0.410. The second kappa shape index (κ2) is 8.73. The summed E-state index contributed by atoms with van der Waals surface area (Å²) in [6.07, 6.45) is 8.10. The van der Waals surface area contributed by atoms with Crippen LogP contribution in [0.4, 0.5) is 0 Å². The van der Waals surface area contributed by atoms with Crippen molar-refractivity contribution in [3.8, 4) is 0 Å². The molecule has 0 N–H and O–H groups in total. The van der Waals surface area contributed by atoms with Crippen LogP contribution in [-0.2, 0) is 0 Å². The quantitative estimate of drug-likeness (QED) is 0.433. The Morgan fingerprint density at radius 2 is 1.54 bits per heavy atom. The van der Waals surface area contributed by atoms with Gasteiger partial charge in [0.2, 0.25) is 0 Å². The summed E-state index contributed by atoms with van der Waals surface area (Å²) in [5, 5.41) is 0. The Morgan fingerprint density at radius 1 is 0.962 bits per heavy atom. The molecule has 3 heterocycles. The third-order valence-electron chi connectivity index (χ3n) is 7.18. The van der Waals surface area contributed by atoms with Crippen LogP contribution < -0.4 is 3.96 Å². The van der Waals surface area contributed by atoms with Crippen molar-refractivity contribution in [2.24, 2.45) is 11.3 Å². The van der Waals surface area contributed by atoms with Gasteiger partial charge in [-0.2, -0.15) is 0 Å². The van der Waals surface area contributed by atoms with Crippen LogP contribution >= 0.6 is 11.5 Å². The van der Waals surface area contributed by atoms with Gasteiger partial charge >= 0.3 is 0 Å². The highest BCUT2D eigenvalue weighted by molar-refractivity contribution is 7.01. The minimum Gasteiger partial charge on any atom is -0.321 e. The lowest BCUT2D eigenvalue weighted by Crippen LogP contribution is -2.65. The molecule has 2 bridgehead atoms. The molecule has 0 radical (unpaired) electrons. The molecule has 26 heavy (non-hydrogen) atoms. The number of rotatable bonds is 4. The van der Waals surface area contributed by atoms with Crippen molar-refractivity contribution < 1.29 is 8.44 Å². The predicted molar refractivity (Wildman–Crippen MR) is 115 cm³/mol. The molecule has 3 heteroatoms. The minimum absolute atomic E-state index is 0.604. The van der Waals surface area contributed by atoms with Gasteiger partial charge in [-0.1, -0.05) is 27.7 Å². The standard InChI is InChI=1S/C14H28N.C9H16NS/c1-12(2)14-7-5-9-15(11-14,13(3)4)10-6-8-14;1-7(2)9-5-6-10(11-9)8(3)4/h12-13H,5-11H2,1-4H3;5-8H,1-4H3/q2*+1. The predicted octanol–water partition coefficient (Wildman–Crippen LogP) is 6.18. The maximum absolute atomic E-state index is 2.45. The molecule has 0 saturated carbocycles. The molecule has 0 aliphatic carbocycles. The largest absolute Gasteiger partial charge is 0.321 e. The van der Waals surface area contributed by atoms with Crippen molar-refractivity contribution in [2.75, 3.05) is 19.6 Å². The van der Waals surface area contributed by atoms with E-state index in [0.717, 1.165) is 12.0 Å². The first-order valence-corrected chi connectivity index (χ1v) is 11.8. The number of hydrogen-bond donors (Lipinski definition) is 0. The van der Waals surface area contributed by atoms with E-state index in [1.807, 2.05) is 11.5 Å². The maximum Gasteiger partial charge on any atom is 0.184 e. The van der Waals surface area contributed by atoms with E-state index < -0.39 is 0 Å². The topological polar surface area (TPSA) is 3.88 Å². The first-order valence-electron chi connectivity index (χ1n) is 11.0. The fourth-order valence-electron chi connectivity index (χ4n) is 5.04. The molecular weight excluding hydrogens is 336 g/mol. The molecule has 2 fully saturated rings. The zero-order chi connectivity index (χ0) is 19.5. The summed E-state index contributed by atoms with van der Waals surface area (Å²) in [6, 6.07) is 3.66. The van der Waals surface area contributed by atoms with Gasteiger partial charge in [0.15, 0.2) is 12.2 Å². The van der Waals surface area contributed by atoms with Crippen LogP contribution in [0.5, 0.6) is 0 Å². The van der Waals surface area contributed by atoms with Crippen LogP contribution in [-0.4, -0.2) is 30.2 Å². The molecule has 0 aromatic carbocycles. The molecule has 1 aromatic rings. The van der Waals surface area contributed by atoms with Crippen molar-refractivity contribution in [3.63, 3.8) is 0 Å². The second-order valence-corrected chi connectivity index (χ2v) is 11.1. The van der Waals surface area contributed by atoms with E-state index in [0.29, 0.717) is 17.4 Å². The van der Waals surface area contributed by atoms with Crippen molar-refractivity contribution in [1.29, 1.82) is 0 Å². The third kappa shape index (κ3) is 4.70. The highest BCUT2D eigenvalue weighted by atomic mass is 32.1. The van der Waals surface area contributed by atoms with Gasteiger partial charge in [-0.25, -0.2) is 0 Å². The van der Waals surface area contributed by atoms with Crippen molar-refractivity contribution in [2.45, 2.75) is 99.1 Å². The molecular formula is C23H44N2S+2. The normalized spacial score (nSPS) is 28.6. The van der Waals surface area contributed by atoms with Gasteiger partial charge in [-0.3, -0.25) is 0 Å². The Bertz CT molecular complexity index is 502. The van der Waals surface area contributed by atoms with Gasteiger partial charge in [0.05, 0.1) is 30.6 Å². The monoisotopic (exact) mass is 380 g/mol. The average molecular weight is 381 g/mol. The number of nitrogens with zero attached hydrogens (tertiary/aromatic N) is 2. The van der Waals surface area contributed by atoms with E-state index >= 15 is 0 Å². The lowest BCUT2D eigenvalue weighted by molar-refractivity contribution is -0.964. The molecule has 2 aliphatic heterocycles. The summed E-state index contributed by atoms with van der Waals surface area (Å²) in [6.45, 7) is 23.0. The number of aromatic nitrogens is 1. The molecule has 0 atom stereocenters. The minimum atomic E-state index is 0.604. The van der Waals surface area contributed by atoms with E-state index in [4.69, 9.17) is 0 Å². The number of hydrogen-bond acceptors (Lipinski definition) is 1. The summed E-state index contributed by atoms with van der Waals surface area (Å²) >= 11 is 1.87. The Morgan fingerprint density at radius 3 is 1.88 bits per heavy atom. The van der Waals surface area contributed by atoms with Crippen LogP contribution in [0.25, 0.3) is 0 Å². The third-order valence-corrected chi connectivity index (χ3v) is 8.75. The lowest BCUT2D eigenvalue weighted by atomic mass is 9.65. The SMILES string of the molecule is CC(C)C12CCC[N+](C(C)C)(CCC1)C2.CC(C)c1cc[n+](C(C)C)s1. The van der Waals surface area contributed by atoms with Crippen molar-refractivity contribution >= 4 is 11.5 Å². The Kier molecular flexibility index (Phi) is 7.35. The van der Waals surface area contributed by atoms with Crippen LogP contribution in [0, 0.1) is 11.3 Å². The van der Waals surface area contributed by atoms with E-state index in [9.17, 15) is 0 Å². The van der Waals surface area contributed by atoms with Gasteiger partial charge < -0.3 is 4.48 Å². The van der Waals surface area contributed by atoms with Crippen LogP contribution in [0.3, 0.4) is 0 Å². The Labute approximate surface area is 167 Å². The zero-order valence-electron chi connectivity index (χ0n) is 18.7. The maximum atomic E-state index is 2.45. The van der Waals surface area contributed by atoms with Gasteiger partial charge in [0.25, 0.3) is 0 Å². The van der Waals surface area contributed by atoms with Crippen LogP contribution in [0.2, 0.25) is 0 Å². The molecule has 0 spiro atoms. The number of piperidine rings is 2. The molecule has 2 saturated heterocycles. The van der Waals surface area contributed by atoms with Gasteiger partial charge in [0, 0.05) is 11.5 Å². The molecule has 0 unspecified atom stereocenters. The van der Waals surface area contributed by atoms with E-state index in [2.05, 4.69) is 71.6 Å². The fourth-order valence-corrected chi connectivity index (χ4v) is 5.94.